The predicted molar refractivity (Wildman–Crippen MR) is 310 cm³/mol. The van der Waals surface area contributed by atoms with E-state index in [0.717, 1.165) is 11.1 Å². The van der Waals surface area contributed by atoms with Crippen LogP contribution in [-0.2, 0) is 49.1 Å². The summed E-state index contributed by atoms with van der Waals surface area (Å²) in [7, 11) is 6.68. The van der Waals surface area contributed by atoms with Gasteiger partial charge in [-0.3, -0.25) is 9.69 Å². The van der Waals surface area contributed by atoms with Crippen molar-refractivity contribution in [2.24, 2.45) is 17.8 Å². The number of hydrogen-bond donors (Lipinski definition) is 6. The topological polar surface area (TPSA) is 270 Å². The summed E-state index contributed by atoms with van der Waals surface area (Å²) >= 11 is 0. The van der Waals surface area contributed by atoms with Crippen LogP contribution >= 0.6 is 0 Å². The average molecular weight is 1190 g/mol. The second-order valence-electron chi connectivity index (χ2n) is 26.2. The lowest BCUT2D eigenvalue weighted by molar-refractivity contribution is -0.318. The Bertz CT molecular complexity index is 2460. The monoisotopic (exact) mass is 1190 g/mol. The van der Waals surface area contributed by atoms with E-state index in [0.29, 0.717) is 37.2 Å². The number of aromatic nitrogens is 3. The molecule has 1 aromatic heterocycles. The largest absolute Gasteiger partial charge is 0.459 e. The van der Waals surface area contributed by atoms with Crippen LogP contribution in [0.15, 0.2) is 36.5 Å². The lowest BCUT2D eigenvalue weighted by Gasteiger charge is -2.49. The maximum Gasteiger partial charge on any atom is 0.411 e. The van der Waals surface area contributed by atoms with Gasteiger partial charge in [0.1, 0.15) is 54.4 Å². The number of nitrogens with zero attached hydrogens (tertiary/aromatic N) is 6. The quantitative estimate of drug-likeness (QED) is 0.114. The minimum atomic E-state index is -1.87. The predicted octanol–water partition coefficient (Wildman–Crippen LogP) is 5.00. The van der Waals surface area contributed by atoms with Crippen LogP contribution in [0.1, 0.15) is 145 Å². The van der Waals surface area contributed by atoms with Crippen molar-refractivity contribution in [3.8, 4) is 0 Å². The molecule has 478 valence electrons. The molecular weight excluding hydrogens is 1090 g/mol. The molecule has 6 N–H and O–H groups in total. The van der Waals surface area contributed by atoms with Crippen LogP contribution in [0.25, 0.3) is 5.57 Å². The Balaban J connectivity index is 1.22. The maximum absolute atomic E-state index is 15.1. The third-order valence-corrected chi connectivity index (χ3v) is 18.0. The first-order valence-corrected chi connectivity index (χ1v) is 29.9. The van der Waals surface area contributed by atoms with E-state index in [9.17, 15) is 40.2 Å². The summed E-state index contributed by atoms with van der Waals surface area (Å²) in [4.78, 5) is 32.9. The highest BCUT2D eigenvalue weighted by atomic mass is 19.1. The number of carbonyl (C=O) groups is 2. The molecule has 4 aliphatic heterocycles. The molecule has 5 heterocycles. The molecule has 0 unspecified atom stereocenters. The van der Waals surface area contributed by atoms with Crippen molar-refractivity contribution < 1.29 is 82.5 Å². The van der Waals surface area contributed by atoms with Gasteiger partial charge in [0.2, 0.25) is 0 Å². The van der Waals surface area contributed by atoms with Gasteiger partial charge in [-0.25, -0.2) is 13.9 Å². The molecule has 3 fully saturated rings. The van der Waals surface area contributed by atoms with Gasteiger partial charge in [0.15, 0.2) is 12.6 Å². The number of halogens is 1. The van der Waals surface area contributed by atoms with Crippen molar-refractivity contribution in [3.63, 3.8) is 0 Å². The minimum absolute atomic E-state index is 0.0698. The molecule has 3 saturated heterocycles. The molecule has 21 atom stereocenters. The van der Waals surface area contributed by atoms with E-state index in [2.05, 4.69) is 10.3 Å². The van der Waals surface area contributed by atoms with Crippen LogP contribution in [0.2, 0.25) is 0 Å². The normalized spacial score (nSPS) is 37.9. The van der Waals surface area contributed by atoms with Crippen LogP contribution in [0.3, 0.4) is 0 Å². The number of methoxy groups -OCH3 is 2. The molecule has 0 bridgehead atoms. The summed E-state index contributed by atoms with van der Waals surface area (Å²) < 4.78 is 66.5. The fourth-order valence-electron chi connectivity index (χ4n) is 12.9. The van der Waals surface area contributed by atoms with Crippen LogP contribution in [0.5, 0.6) is 0 Å². The molecule has 0 aliphatic carbocycles. The molecule has 2 aromatic rings. The first-order chi connectivity index (χ1) is 39.2. The van der Waals surface area contributed by atoms with E-state index in [1.165, 1.54) is 30.7 Å². The summed E-state index contributed by atoms with van der Waals surface area (Å²) in [5.74, 6) is -2.95. The van der Waals surface area contributed by atoms with Gasteiger partial charge in [0.05, 0.1) is 66.4 Å². The summed E-state index contributed by atoms with van der Waals surface area (Å²) in [6, 6.07) is 4.88. The highest BCUT2D eigenvalue weighted by molar-refractivity contribution is 5.78. The zero-order valence-electron chi connectivity index (χ0n) is 52.8. The molecule has 0 saturated carbocycles. The highest BCUT2D eigenvalue weighted by Gasteiger charge is 2.53. The molecule has 0 radical (unpaired) electrons. The lowest BCUT2D eigenvalue weighted by Crippen LogP contribution is -2.61. The van der Waals surface area contributed by atoms with Gasteiger partial charge in [0.25, 0.3) is 0 Å². The smallest absolute Gasteiger partial charge is 0.411 e. The van der Waals surface area contributed by atoms with Crippen LogP contribution in [0, 0.1) is 17.8 Å². The second kappa shape index (κ2) is 28.6. The Morgan fingerprint density at radius 2 is 1.64 bits per heavy atom. The van der Waals surface area contributed by atoms with Crippen molar-refractivity contribution in [1.29, 1.82) is 0 Å². The van der Waals surface area contributed by atoms with E-state index in [1.807, 2.05) is 68.1 Å². The molecule has 22 nitrogen and oxygen atoms in total. The number of esters is 1. The van der Waals surface area contributed by atoms with Gasteiger partial charge in [-0.05, 0) is 125 Å². The number of ether oxygens (including phenoxy) is 8. The summed E-state index contributed by atoms with van der Waals surface area (Å²) in [6.07, 6.45) is -7.12. The van der Waals surface area contributed by atoms with E-state index < -0.39 is 145 Å². The molecular formula is C61H101FN6O16. The van der Waals surface area contributed by atoms with Crippen LogP contribution < -0.4 is 0 Å². The molecule has 0 spiro atoms. The average Bonchev–Trinajstić information content (AvgIpc) is 3.25. The van der Waals surface area contributed by atoms with E-state index in [-0.39, 0.29) is 38.3 Å². The summed E-state index contributed by atoms with van der Waals surface area (Å²) in [5, 5.41) is 78.9. The minimum Gasteiger partial charge on any atom is -0.459 e. The van der Waals surface area contributed by atoms with Gasteiger partial charge >= 0.3 is 12.1 Å². The van der Waals surface area contributed by atoms with Gasteiger partial charge in [-0.15, -0.1) is 5.10 Å². The van der Waals surface area contributed by atoms with Crippen molar-refractivity contribution in [2.45, 2.75) is 236 Å². The zero-order valence-corrected chi connectivity index (χ0v) is 52.8. The number of amides is 1. The number of cyclic esters (lactones) is 1. The Morgan fingerprint density at radius 3 is 2.24 bits per heavy atom. The number of likely N-dealkylation sites (N-methyl/N-ethyl adjacent to an activating group) is 2. The Kier molecular flexibility index (Phi) is 23.6. The Labute approximate surface area is 496 Å². The third kappa shape index (κ3) is 16.1. The molecule has 6 rings (SSSR count). The van der Waals surface area contributed by atoms with E-state index in [4.69, 9.17) is 37.9 Å². The lowest BCUT2D eigenvalue weighted by atomic mass is 9.77. The number of aliphatic hydroxyl groups excluding tert-OH is 4. The van der Waals surface area contributed by atoms with Crippen LogP contribution in [0.4, 0.5) is 9.18 Å². The fourth-order valence-corrected chi connectivity index (χ4v) is 12.9. The highest BCUT2D eigenvalue weighted by Crippen LogP contribution is 2.41. The number of carbonyl (C=O) groups excluding carboxylic acids is 2. The van der Waals surface area contributed by atoms with Crippen LogP contribution in [-0.4, -0.2) is 236 Å². The van der Waals surface area contributed by atoms with Gasteiger partial charge in [-0.2, -0.15) is 0 Å². The molecule has 4 aliphatic rings. The number of aliphatic hydroxyl groups is 6. The summed E-state index contributed by atoms with van der Waals surface area (Å²) in [5.41, 5.74) is -2.43. The fraction of sp³-hybridized carbons (Fsp3) is 0.803. The molecule has 84 heavy (non-hydrogen) atoms. The summed E-state index contributed by atoms with van der Waals surface area (Å²) in [6.45, 7) is 22.6. The standard InChI is InChI=1S/C61H101FN6O16/c1-18-47-61(13,76)52(71)38(6)66(15)30-34(2)27-59(11,75)54(36(4)50(37(5)55(73)81-47)82-48-28-60(12,78-17)53(72)39(7)80-48)83-56-49(70)45(25-35(3)79-56)65(14)24-23-43-32-68(64-63-43)46(29-62)51(77-16)41-21-19-40(20-22-41)42-26-44(33-69)67(31-42)57(74)84-58(8,9)10/h19-22,26,32,34-39,44-54,56,69-72,75-76H,18,23-25,27-31,33H2,1-17H3/t34-,35-,36+,37-,38-,39+,44-,45+,46+,47-,48+,49-,50+,51-,52-,53+,54-,56+,59-,60-,61-/m1/s1. The number of alkyl halides is 1. The van der Waals surface area contributed by atoms with Crippen molar-refractivity contribution >= 4 is 17.6 Å². The van der Waals surface area contributed by atoms with Gasteiger partial charge in [0, 0.05) is 64.3 Å². The van der Waals surface area contributed by atoms with Crippen molar-refractivity contribution in [1.82, 2.24) is 29.7 Å². The van der Waals surface area contributed by atoms with Crippen molar-refractivity contribution in [3.05, 3.63) is 53.4 Å². The molecule has 23 heteroatoms. The molecule has 1 aromatic carbocycles. The van der Waals surface area contributed by atoms with E-state index in [1.54, 1.807) is 75.4 Å². The first kappa shape index (κ1) is 69.3. The van der Waals surface area contributed by atoms with Gasteiger partial charge < -0.3 is 78.3 Å². The van der Waals surface area contributed by atoms with Gasteiger partial charge in [-0.1, -0.05) is 56.3 Å². The first-order valence-electron chi connectivity index (χ1n) is 29.9. The number of rotatable bonds is 17. The zero-order chi connectivity index (χ0) is 62.6. The number of benzene rings is 1. The van der Waals surface area contributed by atoms with Crippen molar-refractivity contribution in [2.75, 3.05) is 61.2 Å². The second-order valence-corrected chi connectivity index (χ2v) is 26.2. The van der Waals surface area contributed by atoms with E-state index >= 15 is 4.39 Å². The third-order valence-electron chi connectivity index (χ3n) is 18.0. The Morgan fingerprint density at radius 1 is 0.976 bits per heavy atom. The Hall–Kier alpha value is -3.79. The maximum atomic E-state index is 15.1. The molecule has 1 amide bonds. The SMILES string of the molecule is CC[C@H]1OC(=O)[C@H](C)[C@@H](O[C@H]2C[C@@](C)(OC)[C@@H](O)[C@H](C)O2)[C@H](C)[C@@H](O[C@@H]2O[C@H](C)C[C@H](N(C)CCc3cn([C@@H](CF)[C@H](OC)c4ccc(C5=C[C@H](CO)N(C(=O)OC(C)(C)C)C5)cc4)nn3)[C@H]2O)[C@](C)(O)C[C@@H](C)CN(C)[C@H](C)[C@@H](O)[C@]1(C)O. The number of hydrogen-bond acceptors (Lipinski definition) is 20.